The smallest absolute Gasteiger partial charge is 0.230 e. The van der Waals surface area contributed by atoms with E-state index in [1.54, 1.807) is 0 Å². The molecule has 2 heterocycles. The highest BCUT2D eigenvalue weighted by molar-refractivity contribution is 7.99. The number of hydrogen-bond donors (Lipinski definition) is 1. The molecule has 178 valence electrons. The van der Waals surface area contributed by atoms with Crippen molar-refractivity contribution in [3.63, 3.8) is 0 Å². The molecule has 1 aliphatic carbocycles. The number of nitrogens with one attached hydrogen (secondary N) is 1. The minimum atomic E-state index is 0.0278. The fourth-order valence-corrected chi connectivity index (χ4v) is 5.36. The molecule has 5 rings (SSSR count). The molecule has 1 N–H and O–H groups in total. The van der Waals surface area contributed by atoms with Gasteiger partial charge in [0.25, 0.3) is 0 Å². The van der Waals surface area contributed by atoms with E-state index in [9.17, 15) is 4.79 Å². The van der Waals surface area contributed by atoms with Gasteiger partial charge in [-0.05, 0) is 55.5 Å². The molecule has 2 aromatic carbocycles. The van der Waals surface area contributed by atoms with Crippen molar-refractivity contribution in [2.75, 3.05) is 18.8 Å². The fraction of sp³-hybridized carbons (Fsp3) is 0.444. The zero-order chi connectivity index (χ0) is 23.2. The van der Waals surface area contributed by atoms with Crippen LogP contribution in [0.3, 0.4) is 0 Å². The first-order valence-electron chi connectivity index (χ1n) is 12.4. The molecule has 34 heavy (non-hydrogen) atoms. The number of amides is 1. The molecule has 1 aromatic heterocycles. The summed E-state index contributed by atoms with van der Waals surface area (Å²) in [4.78, 5) is 15.2. The SMILES string of the molecule is O=C(CSc1nnc(C2CC2)n1Cc1ccccc1)NCc1ccccc1CN1CCCCC1. The van der Waals surface area contributed by atoms with E-state index in [0.717, 1.165) is 24.1 Å². The van der Waals surface area contributed by atoms with Gasteiger partial charge in [-0.1, -0.05) is 72.8 Å². The third-order valence-electron chi connectivity index (χ3n) is 6.64. The Balaban J connectivity index is 1.17. The first-order chi connectivity index (χ1) is 16.8. The van der Waals surface area contributed by atoms with Crippen LogP contribution in [0.4, 0.5) is 0 Å². The molecule has 1 aliphatic heterocycles. The molecule has 1 saturated carbocycles. The van der Waals surface area contributed by atoms with Gasteiger partial charge in [0.05, 0.1) is 12.3 Å². The fourth-order valence-electron chi connectivity index (χ4n) is 4.58. The van der Waals surface area contributed by atoms with Gasteiger partial charge in [-0.15, -0.1) is 10.2 Å². The molecule has 0 spiro atoms. The van der Waals surface area contributed by atoms with Crippen LogP contribution in [0.2, 0.25) is 0 Å². The standard InChI is InChI=1S/C27H33N5OS/c33-25(28-17-23-11-5-6-12-24(23)19-31-15-7-2-8-16-31)20-34-27-30-29-26(22-13-14-22)32(27)18-21-9-3-1-4-10-21/h1,3-6,9-12,22H,2,7-8,13-20H2,(H,28,33). The second-order valence-corrected chi connectivity index (χ2v) is 10.3. The number of piperidine rings is 1. The van der Waals surface area contributed by atoms with E-state index in [-0.39, 0.29) is 5.91 Å². The maximum Gasteiger partial charge on any atom is 0.230 e. The maximum absolute atomic E-state index is 12.7. The average molecular weight is 476 g/mol. The molecule has 1 amide bonds. The van der Waals surface area contributed by atoms with Crippen LogP contribution in [0.1, 0.15) is 60.5 Å². The largest absolute Gasteiger partial charge is 0.351 e. The molecular formula is C27H33N5OS. The van der Waals surface area contributed by atoms with Gasteiger partial charge in [0.1, 0.15) is 5.82 Å². The predicted octanol–water partition coefficient (Wildman–Crippen LogP) is 4.60. The molecule has 0 unspecified atom stereocenters. The van der Waals surface area contributed by atoms with Crippen LogP contribution < -0.4 is 5.32 Å². The Bertz CT molecular complexity index is 1090. The van der Waals surface area contributed by atoms with E-state index in [1.807, 2.05) is 6.07 Å². The summed E-state index contributed by atoms with van der Waals surface area (Å²) in [6, 6.07) is 18.9. The molecule has 0 radical (unpaired) electrons. The Morgan fingerprint density at radius 2 is 1.65 bits per heavy atom. The minimum absolute atomic E-state index is 0.0278. The normalized spacial score (nSPS) is 16.5. The minimum Gasteiger partial charge on any atom is -0.351 e. The van der Waals surface area contributed by atoms with Crippen molar-refractivity contribution in [1.29, 1.82) is 0 Å². The molecular weight excluding hydrogens is 442 g/mol. The Labute approximate surface area is 206 Å². The Morgan fingerprint density at radius 3 is 2.41 bits per heavy atom. The number of likely N-dealkylation sites (tertiary alicyclic amines) is 1. The number of benzene rings is 2. The summed E-state index contributed by atoms with van der Waals surface area (Å²) < 4.78 is 2.19. The topological polar surface area (TPSA) is 63.1 Å². The van der Waals surface area contributed by atoms with Gasteiger partial charge >= 0.3 is 0 Å². The average Bonchev–Trinajstić information content (AvgIpc) is 3.65. The van der Waals surface area contributed by atoms with E-state index in [0.29, 0.717) is 18.2 Å². The molecule has 1 saturated heterocycles. The van der Waals surface area contributed by atoms with Crippen molar-refractivity contribution >= 4 is 17.7 Å². The highest BCUT2D eigenvalue weighted by Gasteiger charge is 2.30. The van der Waals surface area contributed by atoms with Gasteiger partial charge in [-0.25, -0.2) is 0 Å². The third kappa shape index (κ3) is 6.07. The zero-order valence-electron chi connectivity index (χ0n) is 19.7. The Kier molecular flexibility index (Phi) is 7.61. The number of aromatic nitrogens is 3. The van der Waals surface area contributed by atoms with E-state index >= 15 is 0 Å². The van der Waals surface area contributed by atoms with Crippen molar-refractivity contribution in [3.8, 4) is 0 Å². The van der Waals surface area contributed by atoms with Gasteiger partial charge in [0, 0.05) is 19.0 Å². The number of nitrogens with zero attached hydrogens (tertiary/aromatic N) is 4. The van der Waals surface area contributed by atoms with Crippen molar-refractivity contribution in [2.45, 2.75) is 62.8 Å². The van der Waals surface area contributed by atoms with Crippen LogP contribution in [0, 0.1) is 0 Å². The first kappa shape index (κ1) is 23.1. The number of carbonyl (C=O) groups is 1. The summed E-state index contributed by atoms with van der Waals surface area (Å²) in [5.41, 5.74) is 3.74. The lowest BCUT2D eigenvalue weighted by Crippen LogP contribution is -2.30. The Hall–Kier alpha value is -2.64. The third-order valence-corrected chi connectivity index (χ3v) is 7.61. The molecule has 3 aromatic rings. The number of carbonyl (C=O) groups excluding carboxylic acids is 1. The summed E-state index contributed by atoms with van der Waals surface area (Å²) in [5, 5.41) is 12.8. The van der Waals surface area contributed by atoms with Crippen LogP contribution in [0.25, 0.3) is 0 Å². The maximum atomic E-state index is 12.7. The number of thioether (sulfide) groups is 1. The van der Waals surface area contributed by atoms with Crippen LogP contribution in [0.5, 0.6) is 0 Å². The van der Waals surface area contributed by atoms with Crippen molar-refractivity contribution < 1.29 is 4.79 Å². The van der Waals surface area contributed by atoms with Crippen molar-refractivity contribution in [1.82, 2.24) is 25.0 Å². The quantitative estimate of drug-likeness (QED) is 0.434. The lowest BCUT2D eigenvalue weighted by Gasteiger charge is -2.27. The van der Waals surface area contributed by atoms with Gasteiger partial charge in [-0.2, -0.15) is 0 Å². The summed E-state index contributed by atoms with van der Waals surface area (Å²) in [5.74, 6) is 1.93. The second kappa shape index (κ2) is 11.2. The summed E-state index contributed by atoms with van der Waals surface area (Å²) in [6.07, 6.45) is 6.26. The monoisotopic (exact) mass is 475 g/mol. The van der Waals surface area contributed by atoms with E-state index in [2.05, 4.69) is 73.5 Å². The van der Waals surface area contributed by atoms with E-state index in [4.69, 9.17) is 0 Å². The highest BCUT2D eigenvalue weighted by Crippen LogP contribution is 2.40. The van der Waals surface area contributed by atoms with Crippen molar-refractivity contribution in [2.24, 2.45) is 0 Å². The second-order valence-electron chi connectivity index (χ2n) is 9.36. The summed E-state index contributed by atoms with van der Waals surface area (Å²) in [7, 11) is 0. The molecule has 7 heteroatoms. The van der Waals surface area contributed by atoms with E-state index in [1.165, 1.54) is 73.6 Å². The number of hydrogen-bond acceptors (Lipinski definition) is 5. The molecule has 2 fully saturated rings. The lowest BCUT2D eigenvalue weighted by molar-refractivity contribution is -0.118. The van der Waals surface area contributed by atoms with Gasteiger partial charge < -0.3 is 9.88 Å². The van der Waals surface area contributed by atoms with Gasteiger partial charge in [0.15, 0.2) is 5.16 Å². The lowest BCUT2D eigenvalue weighted by atomic mass is 10.0. The van der Waals surface area contributed by atoms with E-state index < -0.39 is 0 Å². The van der Waals surface area contributed by atoms with Crippen LogP contribution in [-0.2, 0) is 24.4 Å². The molecule has 2 aliphatic rings. The van der Waals surface area contributed by atoms with Gasteiger partial charge in [0.2, 0.25) is 5.91 Å². The highest BCUT2D eigenvalue weighted by atomic mass is 32.2. The van der Waals surface area contributed by atoms with Crippen LogP contribution in [0.15, 0.2) is 59.8 Å². The predicted molar refractivity (Wildman–Crippen MR) is 136 cm³/mol. The Morgan fingerprint density at radius 1 is 0.912 bits per heavy atom. The molecule has 0 bridgehead atoms. The van der Waals surface area contributed by atoms with Crippen LogP contribution in [-0.4, -0.2) is 44.4 Å². The summed E-state index contributed by atoms with van der Waals surface area (Å²) in [6.45, 7) is 4.61. The molecule has 0 atom stereocenters. The first-order valence-corrected chi connectivity index (χ1v) is 13.4. The van der Waals surface area contributed by atoms with Gasteiger partial charge in [-0.3, -0.25) is 9.69 Å². The number of rotatable bonds is 10. The zero-order valence-corrected chi connectivity index (χ0v) is 20.5. The molecule has 6 nitrogen and oxygen atoms in total. The summed E-state index contributed by atoms with van der Waals surface area (Å²) >= 11 is 1.48. The van der Waals surface area contributed by atoms with Crippen molar-refractivity contribution in [3.05, 3.63) is 77.1 Å². The van der Waals surface area contributed by atoms with Crippen LogP contribution >= 0.6 is 11.8 Å².